The Balaban J connectivity index is 1.60. The van der Waals surface area contributed by atoms with E-state index in [0.717, 1.165) is 24.9 Å². The van der Waals surface area contributed by atoms with E-state index in [1.54, 1.807) is 17.1 Å². The van der Waals surface area contributed by atoms with Crippen molar-refractivity contribution in [2.75, 3.05) is 11.4 Å². The van der Waals surface area contributed by atoms with Crippen LogP contribution < -0.4 is 4.90 Å². The lowest BCUT2D eigenvalue weighted by Crippen LogP contribution is -2.41. The largest absolute Gasteiger partial charge is 0.308 e. The van der Waals surface area contributed by atoms with Crippen molar-refractivity contribution >= 4 is 35.8 Å². The van der Waals surface area contributed by atoms with Crippen molar-refractivity contribution in [1.82, 2.24) is 14.8 Å². The molecule has 25 heavy (non-hydrogen) atoms. The number of hydrogen-bond donors (Lipinski definition) is 1. The Bertz CT molecular complexity index is 771. The van der Waals surface area contributed by atoms with Crippen molar-refractivity contribution in [2.24, 2.45) is 5.92 Å². The van der Waals surface area contributed by atoms with E-state index in [9.17, 15) is 4.79 Å². The Morgan fingerprint density at radius 3 is 2.84 bits per heavy atom. The minimum atomic E-state index is -0.148. The molecule has 0 aliphatic heterocycles. The van der Waals surface area contributed by atoms with Gasteiger partial charge in [0, 0.05) is 23.9 Å². The first-order valence-corrected chi connectivity index (χ1v) is 9.55. The number of hydrogen-bond acceptors (Lipinski definition) is 4. The zero-order valence-corrected chi connectivity index (χ0v) is 15.6. The van der Waals surface area contributed by atoms with E-state index in [-0.39, 0.29) is 10.7 Å². The topological polar surface area (TPSA) is 51.0 Å². The first-order chi connectivity index (χ1) is 12.0. The maximum atomic E-state index is 13.0. The van der Waals surface area contributed by atoms with E-state index < -0.39 is 0 Å². The molecule has 132 valence electrons. The molecule has 2 fully saturated rings. The highest BCUT2D eigenvalue weighted by atomic mass is 35.5. The average molecular weight is 377 g/mol. The zero-order chi connectivity index (χ0) is 17.4. The van der Waals surface area contributed by atoms with Crippen molar-refractivity contribution in [1.29, 1.82) is 0 Å². The fraction of sp³-hybridized carbons (Fsp3) is 0.500. The van der Waals surface area contributed by atoms with Crippen LogP contribution in [0.5, 0.6) is 0 Å². The van der Waals surface area contributed by atoms with Crippen molar-refractivity contribution < 1.29 is 4.79 Å². The van der Waals surface area contributed by atoms with Crippen LogP contribution in [0.15, 0.2) is 30.7 Å². The molecule has 2 heterocycles. The van der Waals surface area contributed by atoms with Crippen LogP contribution in [0.2, 0.25) is 5.15 Å². The Kier molecular flexibility index (Phi) is 4.50. The molecule has 0 bridgehead atoms. The summed E-state index contributed by atoms with van der Waals surface area (Å²) in [6.45, 7) is 0.709. The van der Waals surface area contributed by atoms with Crippen LogP contribution in [-0.4, -0.2) is 32.0 Å². The Morgan fingerprint density at radius 1 is 1.44 bits per heavy atom. The highest BCUT2D eigenvalue weighted by molar-refractivity contribution is 7.81. The Labute approximate surface area is 157 Å². The summed E-state index contributed by atoms with van der Waals surface area (Å²) in [5.41, 5.74) is 1.50. The highest BCUT2D eigenvalue weighted by Gasteiger charge is 2.38. The minimum Gasteiger partial charge on any atom is -0.308 e. The second kappa shape index (κ2) is 6.65. The molecule has 2 aromatic rings. The maximum absolute atomic E-state index is 13.0. The van der Waals surface area contributed by atoms with Crippen LogP contribution in [0.1, 0.15) is 38.5 Å². The van der Waals surface area contributed by atoms with Gasteiger partial charge in [-0.3, -0.25) is 9.78 Å². The van der Waals surface area contributed by atoms with Gasteiger partial charge in [0.2, 0.25) is 5.91 Å². The molecule has 0 unspecified atom stereocenters. The van der Waals surface area contributed by atoms with Gasteiger partial charge in [-0.2, -0.15) is 17.7 Å². The first kappa shape index (κ1) is 16.9. The normalized spacial score (nSPS) is 18.6. The standard InChI is InChI=1S/C18H21ClN4OS/c19-17-15(12-23(21-17)14-3-1-8-20-10-14)22(11-13-4-5-13)16(24)9-18(25)6-2-7-18/h1,3,8,10,12-13,25H,2,4-7,9,11H2. The van der Waals surface area contributed by atoms with Gasteiger partial charge in [0.05, 0.1) is 18.1 Å². The van der Waals surface area contributed by atoms with Crippen LogP contribution in [0, 0.1) is 5.92 Å². The monoisotopic (exact) mass is 376 g/mol. The number of thiol groups is 1. The van der Waals surface area contributed by atoms with E-state index >= 15 is 0 Å². The summed E-state index contributed by atoms with van der Waals surface area (Å²) in [6, 6.07) is 3.75. The Morgan fingerprint density at radius 2 is 2.24 bits per heavy atom. The molecule has 0 saturated heterocycles. The van der Waals surface area contributed by atoms with E-state index in [4.69, 9.17) is 24.2 Å². The predicted molar refractivity (Wildman–Crippen MR) is 102 cm³/mol. The highest BCUT2D eigenvalue weighted by Crippen LogP contribution is 2.42. The van der Waals surface area contributed by atoms with Crippen molar-refractivity contribution in [3.63, 3.8) is 0 Å². The van der Waals surface area contributed by atoms with Gasteiger partial charge < -0.3 is 4.90 Å². The molecular formula is C18H21ClN4OS. The molecule has 4 rings (SSSR count). The van der Waals surface area contributed by atoms with Gasteiger partial charge in [0.1, 0.15) is 5.69 Å². The molecule has 5 nitrogen and oxygen atoms in total. The maximum Gasteiger partial charge on any atom is 0.228 e. The number of pyridine rings is 1. The van der Waals surface area contributed by atoms with Crippen LogP contribution in [0.4, 0.5) is 5.69 Å². The zero-order valence-electron chi connectivity index (χ0n) is 13.9. The van der Waals surface area contributed by atoms with Crippen LogP contribution in [0.25, 0.3) is 5.69 Å². The van der Waals surface area contributed by atoms with E-state index in [2.05, 4.69) is 10.1 Å². The lowest BCUT2D eigenvalue weighted by molar-refractivity contribution is -0.119. The second-order valence-corrected chi connectivity index (χ2v) is 8.47. The number of anilines is 1. The quantitative estimate of drug-likeness (QED) is 0.778. The van der Waals surface area contributed by atoms with Gasteiger partial charge in [0.25, 0.3) is 0 Å². The summed E-state index contributed by atoms with van der Waals surface area (Å²) in [7, 11) is 0. The molecule has 0 spiro atoms. The summed E-state index contributed by atoms with van der Waals surface area (Å²) in [4.78, 5) is 18.9. The molecular weight excluding hydrogens is 356 g/mol. The number of carbonyl (C=O) groups excluding carboxylic acids is 1. The molecule has 2 aromatic heterocycles. The molecule has 7 heteroatoms. The lowest BCUT2D eigenvalue weighted by atomic mass is 9.81. The van der Waals surface area contributed by atoms with Gasteiger partial charge in [-0.25, -0.2) is 4.68 Å². The molecule has 0 aromatic carbocycles. The third-order valence-corrected chi connectivity index (χ3v) is 5.93. The predicted octanol–water partition coefficient (Wildman–Crippen LogP) is 3.91. The number of aromatic nitrogens is 3. The average Bonchev–Trinajstić information content (AvgIpc) is 3.33. The van der Waals surface area contributed by atoms with Crippen molar-refractivity contribution in [3.05, 3.63) is 35.9 Å². The first-order valence-electron chi connectivity index (χ1n) is 8.72. The minimum absolute atomic E-state index is 0.0919. The number of nitrogens with zero attached hydrogens (tertiary/aromatic N) is 4. The molecule has 0 atom stereocenters. The van der Waals surface area contributed by atoms with E-state index in [1.165, 1.54) is 12.8 Å². The molecule has 1 amide bonds. The van der Waals surface area contributed by atoms with Gasteiger partial charge >= 0.3 is 0 Å². The summed E-state index contributed by atoms with van der Waals surface area (Å²) in [5.74, 6) is 0.660. The Hall–Kier alpha value is -1.53. The third kappa shape index (κ3) is 3.70. The smallest absolute Gasteiger partial charge is 0.228 e. The number of halogens is 1. The fourth-order valence-corrected chi connectivity index (χ4v) is 3.86. The molecule has 0 N–H and O–H groups in total. The summed E-state index contributed by atoms with van der Waals surface area (Å²) < 4.78 is 1.53. The fourth-order valence-electron chi connectivity index (χ4n) is 3.18. The molecule has 2 aliphatic rings. The number of carbonyl (C=O) groups is 1. The second-order valence-electron chi connectivity index (χ2n) is 7.16. The van der Waals surface area contributed by atoms with E-state index in [1.807, 2.05) is 23.2 Å². The van der Waals surface area contributed by atoms with Crippen LogP contribution >= 0.6 is 24.2 Å². The van der Waals surface area contributed by atoms with Crippen molar-refractivity contribution in [2.45, 2.75) is 43.3 Å². The lowest BCUT2D eigenvalue weighted by Gasteiger charge is -2.38. The SMILES string of the molecule is O=C(CC1(S)CCC1)N(CC1CC1)c1cn(-c2cccnc2)nc1Cl. The number of amides is 1. The van der Waals surface area contributed by atoms with Gasteiger partial charge in [-0.1, -0.05) is 18.0 Å². The summed E-state index contributed by atoms with van der Waals surface area (Å²) >= 11 is 11.1. The van der Waals surface area contributed by atoms with Crippen LogP contribution in [-0.2, 0) is 4.79 Å². The van der Waals surface area contributed by atoms with Gasteiger partial charge in [0.15, 0.2) is 5.15 Å². The van der Waals surface area contributed by atoms with Crippen LogP contribution in [0.3, 0.4) is 0 Å². The van der Waals surface area contributed by atoms with Gasteiger partial charge in [-0.05, 0) is 43.7 Å². The van der Waals surface area contributed by atoms with Crippen molar-refractivity contribution in [3.8, 4) is 5.69 Å². The molecule has 2 aliphatic carbocycles. The summed E-state index contributed by atoms with van der Waals surface area (Å²) in [6.07, 6.45) is 11.2. The van der Waals surface area contributed by atoms with E-state index in [0.29, 0.717) is 29.7 Å². The molecule has 0 radical (unpaired) electrons. The molecule has 2 saturated carbocycles. The third-order valence-electron chi connectivity index (χ3n) is 5.06. The number of rotatable bonds is 6. The summed E-state index contributed by atoms with van der Waals surface area (Å²) in [5, 5.41) is 4.72. The van der Waals surface area contributed by atoms with Gasteiger partial charge in [-0.15, -0.1) is 0 Å².